The highest BCUT2D eigenvalue weighted by molar-refractivity contribution is 14.0. The predicted molar refractivity (Wildman–Crippen MR) is 125 cm³/mol. The molecule has 0 fully saturated rings. The molecule has 160 valence electrons. The highest BCUT2D eigenvalue weighted by atomic mass is 127. The number of amides is 1. The Morgan fingerprint density at radius 1 is 1.11 bits per heavy atom. The minimum Gasteiger partial charge on any atom is -0.493 e. The monoisotopic (exact) mass is 506 g/mol. The van der Waals surface area contributed by atoms with Crippen LogP contribution < -0.4 is 20.1 Å². The van der Waals surface area contributed by atoms with E-state index >= 15 is 0 Å². The Morgan fingerprint density at radius 2 is 1.82 bits per heavy atom. The molecule has 7 nitrogen and oxygen atoms in total. The second-order valence-electron chi connectivity index (χ2n) is 5.86. The van der Waals surface area contributed by atoms with Gasteiger partial charge in [-0.2, -0.15) is 0 Å². The molecule has 0 saturated carbocycles. The van der Waals surface area contributed by atoms with Gasteiger partial charge in [0, 0.05) is 32.6 Å². The van der Waals surface area contributed by atoms with Gasteiger partial charge >= 0.3 is 0 Å². The SMILES string of the molecule is CCNC(=NCc1ccc(OCC)c(OC)c1)NCCC(=O)N(CC)CC.I. The molecule has 0 aliphatic rings. The number of methoxy groups -OCH3 is 1. The van der Waals surface area contributed by atoms with Crippen LogP contribution in [-0.2, 0) is 11.3 Å². The number of halogens is 1. The molecule has 1 amide bonds. The Labute approximate surface area is 186 Å². The molecule has 0 aliphatic heterocycles. The average Bonchev–Trinajstić information content (AvgIpc) is 2.68. The molecule has 0 radical (unpaired) electrons. The number of carbonyl (C=O) groups is 1. The molecule has 8 heteroatoms. The fourth-order valence-electron chi connectivity index (χ4n) is 2.62. The van der Waals surface area contributed by atoms with Crippen LogP contribution in [0.2, 0.25) is 0 Å². The van der Waals surface area contributed by atoms with Gasteiger partial charge in [0.15, 0.2) is 17.5 Å². The molecule has 1 aromatic carbocycles. The smallest absolute Gasteiger partial charge is 0.224 e. The van der Waals surface area contributed by atoms with E-state index in [9.17, 15) is 4.79 Å². The molecule has 0 saturated heterocycles. The number of aliphatic imine (C=N–C) groups is 1. The zero-order valence-electron chi connectivity index (χ0n) is 17.7. The summed E-state index contributed by atoms with van der Waals surface area (Å²) in [5.41, 5.74) is 1.02. The second-order valence-corrected chi connectivity index (χ2v) is 5.86. The third-order valence-corrected chi connectivity index (χ3v) is 4.04. The number of benzene rings is 1. The molecule has 2 N–H and O–H groups in total. The first kappa shape index (κ1) is 26.3. The van der Waals surface area contributed by atoms with Gasteiger partial charge in [-0.3, -0.25) is 4.79 Å². The van der Waals surface area contributed by atoms with E-state index in [1.807, 2.05) is 50.8 Å². The molecule has 0 spiro atoms. The van der Waals surface area contributed by atoms with Gasteiger partial charge in [-0.1, -0.05) is 6.07 Å². The maximum atomic E-state index is 12.1. The summed E-state index contributed by atoms with van der Waals surface area (Å²) < 4.78 is 10.9. The number of ether oxygens (including phenoxy) is 2. The van der Waals surface area contributed by atoms with Gasteiger partial charge in [0.05, 0.1) is 20.3 Å². The number of hydrogen-bond acceptors (Lipinski definition) is 4. The fraction of sp³-hybridized carbons (Fsp3) is 0.600. The Hall–Kier alpha value is -1.71. The number of rotatable bonds is 11. The first-order valence-corrected chi connectivity index (χ1v) is 9.69. The van der Waals surface area contributed by atoms with Crippen LogP contribution in [0.4, 0.5) is 0 Å². The van der Waals surface area contributed by atoms with Crippen molar-refractivity contribution in [2.75, 3.05) is 39.9 Å². The van der Waals surface area contributed by atoms with Crippen LogP contribution in [0.5, 0.6) is 11.5 Å². The third kappa shape index (κ3) is 8.99. The van der Waals surface area contributed by atoms with Gasteiger partial charge in [-0.15, -0.1) is 24.0 Å². The number of guanidine groups is 1. The molecule has 0 atom stereocenters. The van der Waals surface area contributed by atoms with E-state index in [0.717, 1.165) is 30.9 Å². The van der Waals surface area contributed by atoms with E-state index in [-0.39, 0.29) is 29.9 Å². The molecule has 0 bridgehead atoms. The number of hydrogen-bond donors (Lipinski definition) is 2. The minimum absolute atomic E-state index is 0. The summed E-state index contributed by atoms with van der Waals surface area (Å²) in [4.78, 5) is 18.5. The van der Waals surface area contributed by atoms with Crippen molar-refractivity contribution in [2.24, 2.45) is 4.99 Å². The maximum absolute atomic E-state index is 12.1. The average molecular weight is 506 g/mol. The summed E-state index contributed by atoms with van der Waals surface area (Å²) >= 11 is 0. The zero-order chi connectivity index (χ0) is 20.1. The van der Waals surface area contributed by atoms with Gasteiger partial charge in [-0.05, 0) is 45.4 Å². The van der Waals surface area contributed by atoms with Crippen LogP contribution in [0.3, 0.4) is 0 Å². The standard InChI is InChI=1S/C20H34N4O3.HI/c1-6-21-20(22-13-12-19(25)24(7-2)8-3)23-15-16-10-11-17(27-9-4)18(14-16)26-5;/h10-11,14H,6-9,12-13,15H2,1-5H3,(H2,21,22,23);1H. The van der Waals surface area contributed by atoms with Crippen molar-refractivity contribution in [1.29, 1.82) is 0 Å². The summed E-state index contributed by atoms with van der Waals surface area (Å²) in [5, 5.41) is 6.42. The van der Waals surface area contributed by atoms with Crippen molar-refractivity contribution in [3.05, 3.63) is 23.8 Å². The van der Waals surface area contributed by atoms with Crippen LogP contribution in [0.1, 0.15) is 39.7 Å². The summed E-state index contributed by atoms with van der Waals surface area (Å²) in [6, 6.07) is 5.81. The van der Waals surface area contributed by atoms with Crippen LogP contribution >= 0.6 is 24.0 Å². The lowest BCUT2D eigenvalue weighted by Crippen LogP contribution is -2.40. The maximum Gasteiger partial charge on any atom is 0.224 e. The van der Waals surface area contributed by atoms with E-state index < -0.39 is 0 Å². The van der Waals surface area contributed by atoms with Crippen LogP contribution in [0.25, 0.3) is 0 Å². The van der Waals surface area contributed by atoms with Crippen molar-refractivity contribution in [1.82, 2.24) is 15.5 Å². The van der Waals surface area contributed by atoms with Crippen molar-refractivity contribution >= 4 is 35.8 Å². The summed E-state index contributed by atoms with van der Waals surface area (Å²) in [7, 11) is 1.63. The molecule has 0 aliphatic carbocycles. The molecular formula is C20H35IN4O3. The van der Waals surface area contributed by atoms with E-state index in [4.69, 9.17) is 9.47 Å². The van der Waals surface area contributed by atoms with Crippen molar-refractivity contribution < 1.29 is 14.3 Å². The normalized spacial score (nSPS) is 10.7. The topological polar surface area (TPSA) is 75.2 Å². The lowest BCUT2D eigenvalue weighted by molar-refractivity contribution is -0.130. The lowest BCUT2D eigenvalue weighted by Gasteiger charge is -2.19. The van der Waals surface area contributed by atoms with Crippen molar-refractivity contribution in [2.45, 2.75) is 40.7 Å². The Morgan fingerprint density at radius 3 is 2.39 bits per heavy atom. The third-order valence-electron chi connectivity index (χ3n) is 4.04. The molecule has 0 unspecified atom stereocenters. The fourth-order valence-corrected chi connectivity index (χ4v) is 2.62. The second kappa shape index (κ2) is 15.2. The molecule has 0 aromatic heterocycles. The van der Waals surface area contributed by atoms with Gasteiger partial charge < -0.3 is 25.0 Å². The Bertz CT molecular complexity index is 607. The van der Waals surface area contributed by atoms with Crippen molar-refractivity contribution in [3.8, 4) is 11.5 Å². The summed E-state index contributed by atoms with van der Waals surface area (Å²) in [5.74, 6) is 2.28. The minimum atomic E-state index is 0. The zero-order valence-corrected chi connectivity index (χ0v) is 20.0. The quantitative estimate of drug-likeness (QED) is 0.274. The number of nitrogens with zero attached hydrogens (tertiary/aromatic N) is 2. The van der Waals surface area contributed by atoms with Crippen LogP contribution in [0.15, 0.2) is 23.2 Å². The van der Waals surface area contributed by atoms with E-state index in [1.54, 1.807) is 7.11 Å². The van der Waals surface area contributed by atoms with Crippen LogP contribution in [0, 0.1) is 0 Å². The first-order chi connectivity index (χ1) is 13.1. The summed E-state index contributed by atoms with van der Waals surface area (Å²) in [6.45, 7) is 11.8. The molecule has 28 heavy (non-hydrogen) atoms. The largest absolute Gasteiger partial charge is 0.493 e. The highest BCUT2D eigenvalue weighted by Gasteiger charge is 2.09. The lowest BCUT2D eigenvalue weighted by atomic mass is 10.2. The molecular weight excluding hydrogens is 471 g/mol. The molecule has 1 aromatic rings. The van der Waals surface area contributed by atoms with Gasteiger partial charge in [0.1, 0.15) is 0 Å². The Balaban J connectivity index is 0.00000729. The molecule has 1 rings (SSSR count). The number of carbonyl (C=O) groups excluding carboxylic acids is 1. The van der Waals surface area contributed by atoms with E-state index in [2.05, 4.69) is 15.6 Å². The number of nitrogens with one attached hydrogen (secondary N) is 2. The summed E-state index contributed by atoms with van der Waals surface area (Å²) in [6.07, 6.45) is 0.447. The van der Waals surface area contributed by atoms with Gasteiger partial charge in [0.25, 0.3) is 0 Å². The van der Waals surface area contributed by atoms with E-state index in [1.165, 1.54) is 0 Å². The van der Waals surface area contributed by atoms with Crippen LogP contribution in [-0.4, -0.2) is 56.7 Å². The first-order valence-electron chi connectivity index (χ1n) is 9.69. The predicted octanol–water partition coefficient (Wildman–Crippen LogP) is 3.03. The molecule has 0 heterocycles. The van der Waals surface area contributed by atoms with Gasteiger partial charge in [0.2, 0.25) is 5.91 Å². The van der Waals surface area contributed by atoms with Crippen molar-refractivity contribution in [3.63, 3.8) is 0 Å². The highest BCUT2D eigenvalue weighted by Crippen LogP contribution is 2.28. The Kier molecular flexibility index (Phi) is 14.3. The van der Waals surface area contributed by atoms with Gasteiger partial charge in [-0.25, -0.2) is 4.99 Å². The van der Waals surface area contributed by atoms with E-state index in [0.29, 0.717) is 37.8 Å².